The number of nitrogen functional groups attached to an aromatic ring is 1. The Hall–Kier alpha value is -2.61. The van der Waals surface area contributed by atoms with Crippen molar-refractivity contribution in [1.82, 2.24) is 14.7 Å². The van der Waals surface area contributed by atoms with Crippen molar-refractivity contribution in [2.75, 3.05) is 26.0 Å². The molecule has 0 aliphatic carbocycles. The number of hydrogen-bond donors (Lipinski definition) is 1. The van der Waals surface area contributed by atoms with Gasteiger partial charge in [0, 0.05) is 25.9 Å². The summed E-state index contributed by atoms with van der Waals surface area (Å²) in [5.74, 6) is 0.189. The van der Waals surface area contributed by atoms with E-state index in [4.69, 9.17) is 15.2 Å². The van der Waals surface area contributed by atoms with Crippen molar-refractivity contribution in [2.24, 2.45) is 0 Å². The van der Waals surface area contributed by atoms with Gasteiger partial charge in [-0.15, -0.1) is 0 Å². The molecule has 2 N–H and O–H groups in total. The highest BCUT2D eigenvalue weighted by molar-refractivity contribution is 5.78. The van der Waals surface area contributed by atoms with Gasteiger partial charge in [-0.1, -0.05) is 6.07 Å². The van der Waals surface area contributed by atoms with Crippen LogP contribution in [0.4, 0.5) is 10.2 Å². The highest BCUT2D eigenvalue weighted by Gasteiger charge is 2.35. The summed E-state index contributed by atoms with van der Waals surface area (Å²) in [6.45, 7) is 0.865. The molecule has 0 spiro atoms. The second-order valence-corrected chi connectivity index (χ2v) is 6.00. The number of benzene rings is 1. The van der Waals surface area contributed by atoms with Gasteiger partial charge in [0.15, 0.2) is 6.61 Å². The van der Waals surface area contributed by atoms with Gasteiger partial charge in [0.05, 0.1) is 18.7 Å². The van der Waals surface area contributed by atoms with E-state index in [1.165, 1.54) is 18.2 Å². The van der Waals surface area contributed by atoms with Crippen LogP contribution in [0.3, 0.4) is 0 Å². The van der Waals surface area contributed by atoms with Crippen LogP contribution in [0, 0.1) is 5.82 Å². The van der Waals surface area contributed by atoms with E-state index in [0.29, 0.717) is 31.1 Å². The first-order chi connectivity index (χ1) is 12.0. The van der Waals surface area contributed by atoms with E-state index < -0.39 is 5.82 Å². The van der Waals surface area contributed by atoms with E-state index in [0.717, 1.165) is 0 Å². The number of carbonyl (C=O) groups excluding carboxylic acids is 1. The number of halogens is 1. The molecule has 7 nitrogen and oxygen atoms in total. The number of likely N-dealkylation sites (tertiary alicyclic amines) is 1. The first kappa shape index (κ1) is 17.2. The molecular formula is C17H21FN4O3. The molecule has 0 saturated carbocycles. The van der Waals surface area contributed by atoms with Gasteiger partial charge in [-0.05, 0) is 24.6 Å². The average Bonchev–Trinajstić information content (AvgIpc) is 3.19. The summed E-state index contributed by atoms with van der Waals surface area (Å²) in [4.78, 5) is 14.3. The second kappa shape index (κ2) is 7.52. The molecule has 2 atom stereocenters. The maximum Gasteiger partial charge on any atom is 0.260 e. The Morgan fingerprint density at radius 1 is 1.44 bits per heavy atom. The number of methoxy groups -OCH3 is 1. The highest BCUT2D eigenvalue weighted by Crippen LogP contribution is 2.22. The molecule has 2 heterocycles. The quantitative estimate of drug-likeness (QED) is 0.851. The summed E-state index contributed by atoms with van der Waals surface area (Å²) in [6.07, 6.45) is 2.46. The van der Waals surface area contributed by atoms with E-state index in [9.17, 15) is 9.18 Å². The van der Waals surface area contributed by atoms with Gasteiger partial charge in [-0.25, -0.2) is 4.39 Å². The topological polar surface area (TPSA) is 82.6 Å². The lowest BCUT2D eigenvalue weighted by Gasteiger charge is -2.24. The fourth-order valence-electron chi connectivity index (χ4n) is 3.00. The predicted molar refractivity (Wildman–Crippen MR) is 89.4 cm³/mol. The number of rotatable bonds is 6. The van der Waals surface area contributed by atoms with Gasteiger partial charge in [0.1, 0.15) is 17.4 Å². The van der Waals surface area contributed by atoms with Crippen molar-refractivity contribution in [3.8, 4) is 5.75 Å². The molecule has 0 radical (unpaired) electrons. The minimum atomic E-state index is -0.403. The maximum atomic E-state index is 13.2. The fraction of sp³-hybridized carbons (Fsp3) is 0.412. The molecule has 1 amide bonds. The van der Waals surface area contributed by atoms with Crippen LogP contribution in [0.5, 0.6) is 5.75 Å². The Balaban J connectivity index is 1.63. The van der Waals surface area contributed by atoms with E-state index in [-0.39, 0.29) is 24.7 Å². The first-order valence-corrected chi connectivity index (χ1v) is 8.04. The number of ether oxygens (including phenoxy) is 2. The third-order valence-corrected chi connectivity index (χ3v) is 4.25. The number of anilines is 1. The van der Waals surface area contributed by atoms with Crippen molar-refractivity contribution in [3.63, 3.8) is 0 Å². The summed E-state index contributed by atoms with van der Waals surface area (Å²) in [5.41, 5.74) is 5.64. The smallest absolute Gasteiger partial charge is 0.260 e. The summed E-state index contributed by atoms with van der Waals surface area (Å²) < 4.78 is 25.7. The van der Waals surface area contributed by atoms with Crippen molar-refractivity contribution in [1.29, 1.82) is 0 Å². The SMILES string of the molecule is CO[C@@H]1C[C@@H](Cn2ccc(N)n2)N(C(=O)COc2cccc(F)c2)C1. The summed E-state index contributed by atoms with van der Waals surface area (Å²) in [6, 6.07) is 7.37. The summed E-state index contributed by atoms with van der Waals surface area (Å²) >= 11 is 0. The normalized spacial score (nSPS) is 20.0. The zero-order chi connectivity index (χ0) is 17.8. The van der Waals surface area contributed by atoms with Crippen LogP contribution in [0.1, 0.15) is 6.42 Å². The van der Waals surface area contributed by atoms with Crippen LogP contribution in [-0.2, 0) is 16.1 Å². The van der Waals surface area contributed by atoms with Crippen molar-refractivity contribution in [2.45, 2.75) is 25.1 Å². The number of aromatic nitrogens is 2. The third-order valence-electron chi connectivity index (χ3n) is 4.25. The molecule has 1 saturated heterocycles. The van der Waals surface area contributed by atoms with E-state index >= 15 is 0 Å². The average molecular weight is 348 g/mol. The molecule has 2 aromatic rings. The number of hydrogen-bond acceptors (Lipinski definition) is 5. The molecule has 134 valence electrons. The number of nitrogens with zero attached hydrogens (tertiary/aromatic N) is 3. The molecule has 3 rings (SSSR count). The maximum absolute atomic E-state index is 13.2. The number of carbonyl (C=O) groups is 1. The fourth-order valence-corrected chi connectivity index (χ4v) is 3.00. The lowest BCUT2D eigenvalue weighted by molar-refractivity contribution is -0.134. The van der Waals surface area contributed by atoms with E-state index in [1.807, 2.05) is 0 Å². The molecule has 1 aromatic heterocycles. The minimum absolute atomic E-state index is 0.0315. The van der Waals surface area contributed by atoms with Gasteiger partial charge < -0.3 is 20.1 Å². The molecule has 0 unspecified atom stereocenters. The Morgan fingerprint density at radius 3 is 2.96 bits per heavy atom. The van der Waals surface area contributed by atoms with Gasteiger partial charge in [-0.3, -0.25) is 9.48 Å². The minimum Gasteiger partial charge on any atom is -0.484 e. The summed E-state index contributed by atoms with van der Waals surface area (Å²) in [7, 11) is 1.63. The first-order valence-electron chi connectivity index (χ1n) is 8.04. The molecular weight excluding hydrogens is 327 g/mol. The van der Waals surface area contributed by atoms with E-state index in [1.54, 1.807) is 35.0 Å². The number of nitrogens with two attached hydrogens (primary N) is 1. The monoisotopic (exact) mass is 348 g/mol. The van der Waals surface area contributed by atoms with Gasteiger partial charge in [0.25, 0.3) is 5.91 Å². The van der Waals surface area contributed by atoms with Crippen LogP contribution in [0.15, 0.2) is 36.5 Å². The van der Waals surface area contributed by atoms with E-state index in [2.05, 4.69) is 5.10 Å². The van der Waals surface area contributed by atoms with Crippen LogP contribution in [-0.4, -0.2) is 53.0 Å². The Bertz CT molecular complexity index is 736. The zero-order valence-corrected chi connectivity index (χ0v) is 14.0. The van der Waals surface area contributed by atoms with Crippen LogP contribution in [0.25, 0.3) is 0 Å². The van der Waals surface area contributed by atoms with Gasteiger partial charge in [-0.2, -0.15) is 5.10 Å². The predicted octanol–water partition coefficient (Wildman–Crippen LogP) is 1.30. The Morgan fingerprint density at radius 2 is 2.28 bits per heavy atom. The van der Waals surface area contributed by atoms with Gasteiger partial charge >= 0.3 is 0 Å². The number of amides is 1. The third kappa shape index (κ3) is 4.27. The molecule has 25 heavy (non-hydrogen) atoms. The van der Waals surface area contributed by atoms with Crippen LogP contribution in [0.2, 0.25) is 0 Å². The highest BCUT2D eigenvalue weighted by atomic mass is 19.1. The van der Waals surface area contributed by atoms with Gasteiger partial charge in [0.2, 0.25) is 0 Å². The Labute approximate surface area is 145 Å². The van der Waals surface area contributed by atoms with Crippen molar-refractivity contribution < 1.29 is 18.7 Å². The van der Waals surface area contributed by atoms with Crippen molar-refractivity contribution in [3.05, 3.63) is 42.3 Å². The largest absolute Gasteiger partial charge is 0.484 e. The molecule has 1 fully saturated rings. The standard InChI is InChI=1S/C17H21FN4O3/c1-24-15-8-13(9-21-6-5-16(19)20-21)22(10-15)17(23)11-25-14-4-2-3-12(18)7-14/h2-7,13,15H,8-11H2,1H3,(H2,19,20)/t13-,15+/m0/s1. The molecule has 1 aliphatic heterocycles. The molecule has 0 bridgehead atoms. The zero-order valence-electron chi connectivity index (χ0n) is 14.0. The summed E-state index contributed by atoms with van der Waals surface area (Å²) in [5, 5.41) is 4.16. The second-order valence-electron chi connectivity index (χ2n) is 6.00. The lowest BCUT2D eigenvalue weighted by Crippen LogP contribution is -2.41. The molecule has 1 aliphatic rings. The lowest BCUT2D eigenvalue weighted by atomic mass is 10.2. The molecule has 8 heteroatoms. The molecule has 1 aromatic carbocycles. The Kier molecular flexibility index (Phi) is 5.18. The van der Waals surface area contributed by atoms with Crippen molar-refractivity contribution >= 4 is 11.7 Å². The van der Waals surface area contributed by atoms with Crippen LogP contribution < -0.4 is 10.5 Å². The van der Waals surface area contributed by atoms with Crippen LogP contribution >= 0.6 is 0 Å².